The minimum absolute atomic E-state index is 0.423. The molecule has 1 aliphatic carbocycles. The second-order valence-electron chi connectivity index (χ2n) is 6.37. The summed E-state index contributed by atoms with van der Waals surface area (Å²) < 4.78 is 0. The first-order chi connectivity index (χ1) is 7.58. The van der Waals surface area contributed by atoms with Crippen LogP contribution in [0.4, 0.5) is 0 Å². The molecule has 2 rings (SSSR count). The van der Waals surface area contributed by atoms with E-state index >= 15 is 0 Å². The van der Waals surface area contributed by atoms with Gasteiger partial charge in [0.15, 0.2) is 0 Å². The summed E-state index contributed by atoms with van der Waals surface area (Å²) in [7, 11) is 0. The maximum absolute atomic E-state index is 6.33. The molecule has 5 unspecified atom stereocenters. The molecule has 1 aliphatic heterocycles. The van der Waals surface area contributed by atoms with Crippen molar-refractivity contribution in [3.05, 3.63) is 0 Å². The first kappa shape index (κ1) is 12.4. The predicted molar refractivity (Wildman–Crippen MR) is 69.3 cm³/mol. The molecule has 0 aromatic rings. The number of piperidine rings is 1. The molecule has 2 N–H and O–H groups in total. The molecule has 1 heterocycles. The molecule has 0 aromatic carbocycles. The average molecular weight is 224 g/mol. The highest BCUT2D eigenvalue weighted by Gasteiger charge is 2.35. The number of hydrogen-bond donors (Lipinski definition) is 1. The number of rotatable bonds is 1. The van der Waals surface area contributed by atoms with Gasteiger partial charge in [-0.15, -0.1) is 0 Å². The van der Waals surface area contributed by atoms with Crippen LogP contribution in [-0.2, 0) is 0 Å². The molecule has 2 heteroatoms. The molecule has 16 heavy (non-hydrogen) atoms. The first-order valence-electron chi connectivity index (χ1n) is 7.09. The Morgan fingerprint density at radius 2 is 1.62 bits per heavy atom. The molecular weight excluding hydrogens is 196 g/mol. The van der Waals surface area contributed by atoms with Gasteiger partial charge in [-0.3, -0.25) is 4.90 Å². The Hall–Kier alpha value is -0.0800. The van der Waals surface area contributed by atoms with Crippen molar-refractivity contribution >= 4 is 0 Å². The third kappa shape index (κ3) is 2.60. The molecule has 2 fully saturated rings. The quantitative estimate of drug-likeness (QED) is 0.742. The molecule has 94 valence electrons. The smallest absolute Gasteiger partial charge is 0.0252 e. The maximum atomic E-state index is 6.33. The molecule has 1 saturated carbocycles. The van der Waals surface area contributed by atoms with Crippen molar-refractivity contribution in [2.24, 2.45) is 17.6 Å². The van der Waals surface area contributed by atoms with E-state index in [1.807, 2.05) is 0 Å². The van der Waals surface area contributed by atoms with E-state index in [9.17, 15) is 0 Å². The molecule has 2 nitrogen and oxygen atoms in total. The molecule has 0 aromatic heterocycles. The molecule has 2 aliphatic rings. The van der Waals surface area contributed by atoms with Gasteiger partial charge >= 0.3 is 0 Å². The Kier molecular flexibility index (Phi) is 3.91. The van der Waals surface area contributed by atoms with Crippen LogP contribution >= 0.6 is 0 Å². The van der Waals surface area contributed by atoms with E-state index in [1.165, 1.54) is 38.6 Å². The second kappa shape index (κ2) is 5.05. The normalized spacial score (nSPS) is 46.9. The molecule has 0 amide bonds. The van der Waals surface area contributed by atoms with Crippen molar-refractivity contribution < 1.29 is 0 Å². The van der Waals surface area contributed by atoms with E-state index in [0.29, 0.717) is 12.1 Å². The summed E-state index contributed by atoms with van der Waals surface area (Å²) in [5.41, 5.74) is 6.33. The third-order valence-corrected chi connectivity index (χ3v) is 4.75. The molecule has 0 bridgehead atoms. The monoisotopic (exact) mass is 224 g/mol. The highest BCUT2D eigenvalue weighted by Crippen LogP contribution is 2.32. The summed E-state index contributed by atoms with van der Waals surface area (Å²) in [5, 5.41) is 0. The molecule has 5 atom stereocenters. The lowest BCUT2D eigenvalue weighted by Gasteiger charge is -2.46. The van der Waals surface area contributed by atoms with E-state index in [0.717, 1.165) is 17.9 Å². The van der Waals surface area contributed by atoms with Crippen molar-refractivity contribution in [1.29, 1.82) is 0 Å². The van der Waals surface area contributed by atoms with E-state index < -0.39 is 0 Å². The van der Waals surface area contributed by atoms with Gasteiger partial charge in [-0.2, -0.15) is 0 Å². The second-order valence-corrected chi connectivity index (χ2v) is 6.37. The number of nitrogens with two attached hydrogens (primary N) is 1. The van der Waals surface area contributed by atoms with Crippen LogP contribution in [0.3, 0.4) is 0 Å². The van der Waals surface area contributed by atoms with E-state index in [4.69, 9.17) is 5.73 Å². The van der Waals surface area contributed by atoms with Crippen LogP contribution in [-0.4, -0.2) is 29.6 Å². The Balaban J connectivity index is 1.99. The zero-order valence-corrected chi connectivity index (χ0v) is 11.2. The lowest BCUT2D eigenvalue weighted by molar-refractivity contribution is 0.0411. The Labute approximate surface area is 101 Å². The topological polar surface area (TPSA) is 29.3 Å². The van der Waals surface area contributed by atoms with Crippen LogP contribution < -0.4 is 5.73 Å². The minimum atomic E-state index is 0.423. The van der Waals surface area contributed by atoms with Crippen molar-refractivity contribution in [2.75, 3.05) is 6.54 Å². The van der Waals surface area contributed by atoms with Gasteiger partial charge in [-0.1, -0.05) is 13.8 Å². The fourth-order valence-corrected chi connectivity index (χ4v) is 3.67. The number of hydrogen-bond acceptors (Lipinski definition) is 2. The van der Waals surface area contributed by atoms with Gasteiger partial charge in [0.1, 0.15) is 0 Å². The van der Waals surface area contributed by atoms with Crippen LogP contribution in [0.5, 0.6) is 0 Å². The number of likely N-dealkylation sites (tertiary alicyclic amines) is 1. The van der Waals surface area contributed by atoms with Gasteiger partial charge in [-0.05, 0) is 57.4 Å². The van der Waals surface area contributed by atoms with Gasteiger partial charge < -0.3 is 5.73 Å². The maximum Gasteiger partial charge on any atom is 0.0252 e. The zero-order chi connectivity index (χ0) is 11.7. The van der Waals surface area contributed by atoms with Gasteiger partial charge in [0, 0.05) is 18.1 Å². The summed E-state index contributed by atoms with van der Waals surface area (Å²) in [6.45, 7) is 8.43. The van der Waals surface area contributed by atoms with Gasteiger partial charge in [0.2, 0.25) is 0 Å². The Morgan fingerprint density at radius 1 is 0.938 bits per heavy atom. The summed E-state index contributed by atoms with van der Waals surface area (Å²) >= 11 is 0. The van der Waals surface area contributed by atoms with Crippen LogP contribution in [0.15, 0.2) is 0 Å². The standard InChI is InChI=1S/C14H28N2/c1-10-4-5-13(15)14(9-10)16-7-6-11(2)8-12(16)3/h10-14H,4-9,15H2,1-3H3. The summed E-state index contributed by atoms with van der Waals surface area (Å²) in [4.78, 5) is 2.71. The SMILES string of the molecule is CC1CCN(C2CC(C)CCC2N)C(C)C1. The van der Waals surface area contributed by atoms with Gasteiger partial charge in [-0.25, -0.2) is 0 Å². The predicted octanol–water partition coefficient (Wildman–Crippen LogP) is 2.62. The van der Waals surface area contributed by atoms with Crippen LogP contribution in [0.1, 0.15) is 52.9 Å². The van der Waals surface area contributed by atoms with Crippen molar-refractivity contribution in [3.8, 4) is 0 Å². The third-order valence-electron chi connectivity index (χ3n) is 4.75. The van der Waals surface area contributed by atoms with E-state index in [2.05, 4.69) is 25.7 Å². The van der Waals surface area contributed by atoms with Crippen molar-refractivity contribution in [2.45, 2.75) is 71.0 Å². The number of nitrogens with zero attached hydrogens (tertiary/aromatic N) is 1. The zero-order valence-electron chi connectivity index (χ0n) is 11.2. The summed E-state index contributed by atoms with van der Waals surface area (Å²) in [5.74, 6) is 1.78. The fraction of sp³-hybridized carbons (Fsp3) is 1.00. The van der Waals surface area contributed by atoms with E-state index in [1.54, 1.807) is 0 Å². The van der Waals surface area contributed by atoms with Crippen LogP contribution in [0, 0.1) is 11.8 Å². The van der Waals surface area contributed by atoms with Gasteiger partial charge in [0.25, 0.3) is 0 Å². The minimum Gasteiger partial charge on any atom is -0.326 e. The van der Waals surface area contributed by atoms with E-state index in [-0.39, 0.29) is 0 Å². The summed E-state index contributed by atoms with van der Waals surface area (Å²) in [6, 6.07) is 1.82. The highest BCUT2D eigenvalue weighted by atomic mass is 15.2. The lowest BCUT2D eigenvalue weighted by Crippen LogP contribution is -2.56. The Bertz CT molecular complexity index is 229. The Morgan fingerprint density at radius 3 is 2.31 bits per heavy atom. The lowest BCUT2D eigenvalue weighted by atomic mass is 9.80. The molecule has 0 spiro atoms. The average Bonchev–Trinajstić information content (AvgIpc) is 2.22. The highest BCUT2D eigenvalue weighted by molar-refractivity contribution is 4.92. The van der Waals surface area contributed by atoms with Crippen molar-refractivity contribution in [1.82, 2.24) is 4.90 Å². The van der Waals surface area contributed by atoms with Crippen molar-refractivity contribution in [3.63, 3.8) is 0 Å². The molecule has 0 radical (unpaired) electrons. The summed E-state index contributed by atoms with van der Waals surface area (Å²) in [6.07, 6.45) is 6.60. The fourth-order valence-electron chi connectivity index (χ4n) is 3.67. The first-order valence-corrected chi connectivity index (χ1v) is 7.09. The van der Waals surface area contributed by atoms with Crippen LogP contribution in [0.25, 0.3) is 0 Å². The van der Waals surface area contributed by atoms with Crippen LogP contribution in [0.2, 0.25) is 0 Å². The molecule has 1 saturated heterocycles. The molecular formula is C14H28N2. The largest absolute Gasteiger partial charge is 0.326 e. The van der Waals surface area contributed by atoms with Gasteiger partial charge in [0.05, 0.1) is 0 Å².